The molecule has 1 heterocycles. The summed E-state index contributed by atoms with van der Waals surface area (Å²) in [5.74, 6) is -0.0471. The Balaban J connectivity index is 1.18. The van der Waals surface area contributed by atoms with E-state index < -0.39 is 35.2 Å². The summed E-state index contributed by atoms with van der Waals surface area (Å²) in [5.41, 5.74) is -1.99. The van der Waals surface area contributed by atoms with Crippen LogP contribution in [-0.4, -0.2) is 43.0 Å². The minimum atomic E-state index is -5.03. The van der Waals surface area contributed by atoms with Gasteiger partial charge in [-0.2, -0.15) is 26.3 Å². The van der Waals surface area contributed by atoms with Gasteiger partial charge in [0, 0.05) is 48.8 Å². The van der Waals surface area contributed by atoms with Gasteiger partial charge >= 0.3 is 18.4 Å². The van der Waals surface area contributed by atoms with Crippen molar-refractivity contribution >= 4 is 39.8 Å². The number of rotatable bonds is 4. The van der Waals surface area contributed by atoms with Gasteiger partial charge in [0.15, 0.2) is 0 Å². The number of anilines is 3. The van der Waals surface area contributed by atoms with Crippen molar-refractivity contribution in [2.24, 2.45) is 0 Å². The number of halogens is 6. The van der Waals surface area contributed by atoms with Gasteiger partial charge in [-0.3, -0.25) is 4.79 Å². The molecule has 42 heavy (non-hydrogen) atoms. The van der Waals surface area contributed by atoms with E-state index in [9.17, 15) is 35.9 Å². The van der Waals surface area contributed by atoms with Crippen LogP contribution in [0.1, 0.15) is 21.5 Å². The Bertz CT molecular complexity index is 1580. The third kappa shape index (κ3) is 6.59. The van der Waals surface area contributed by atoms with Crippen LogP contribution in [0.2, 0.25) is 0 Å². The molecule has 0 spiro atoms. The fourth-order valence-corrected chi connectivity index (χ4v) is 4.75. The Kier molecular flexibility index (Phi) is 7.72. The first-order valence-electron chi connectivity index (χ1n) is 12.9. The molecule has 12 heteroatoms. The van der Waals surface area contributed by atoms with Crippen LogP contribution in [0.4, 0.5) is 48.2 Å². The van der Waals surface area contributed by atoms with Gasteiger partial charge in [0.25, 0.3) is 5.91 Å². The first-order chi connectivity index (χ1) is 19.9. The van der Waals surface area contributed by atoms with Crippen LogP contribution < -0.4 is 15.5 Å². The van der Waals surface area contributed by atoms with Gasteiger partial charge in [-0.25, -0.2) is 4.79 Å². The molecule has 0 radical (unpaired) electrons. The van der Waals surface area contributed by atoms with Crippen LogP contribution in [0.15, 0.2) is 84.9 Å². The van der Waals surface area contributed by atoms with E-state index in [0.717, 1.165) is 16.5 Å². The van der Waals surface area contributed by atoms with Crippen molar-refractivity contribution < 1.29 is 35.9 Å². The number of benzene rings is 4. The average Bonchev–Trinajstić information content (AvgIpc) is 2.96. The lowest BCUT2D eigenvalue weighted by Crippen LogP contribution is -2.48. The summed E-state index contributed by atoms with van der Waals surface area (Å²) in [6.45, 7) is 2.16. The molecule has 0 unspecified atom stereocenters. The van der Waals surface area contributed by atoms with E-state index in [1.807, 2.05) is 47.8 Å². The van der Waals surface area contributed by atoms with E-state index in [1.54, 1.807) is 29.2 Å². The molecule has 5 rings (SSSR count). The highest BCUT2D eigenvalue weighted by atomic mass is 19.4. The van der Waals surface area contributed by atoms with Crippen molar-refractivity contribution in [2.45, 2.75) is 12.4 Å². The monoisotopic (exact) mass is 586 g/mol. The number of hydrogen-bond donors (Lipinski definition) is 2. The number of alkyl halides is 6. The van der Waals surface area contributed by atoms with E-state index >= 15 is 0 Å². The van der Waals surface area contributed by atoms with Gasteiger partial charge < -0.3 is 20.4 Å². The molecule has 0 bridgehead atoms. The van der Waals surface area contributed by atoms with Crippen molar-refractivity contribution in [3.63, 3.8) is 0 Å². The number of carbonyl (C=O) groups is 2. The number of fused-ring (bicyclic) bond motifs is 1. The maximum Gasteiger partial charge on any atom is 0.416 e. The van der Waals surface area contributed by atoms with Gasteiger partial charge in [0.2, 0.25) is 0 Å². The molecule has 0 atom stereocenters. The van der Waals surface area contributed by atoms with Gasteiger partial charge in [-0.1, -0.05) is 30.3 Å². The minimum absolute atomic E-state index is 0.0129. The van der Waals surface area contributed by atoms with Crippen molar-refractivity contribution in [1.29, 1.82) is 0 Å². The molecule has 1 aliphatic heterocycles. The van der Waals surface area contributed by atoms with Crippen molar-refractivity contribution in [3.05, 3.63) is 102 Å². The number of urea groups is 1. The summed E-state index contributed by atoms with van der Waals surface area (Å²) in [6, 6.07) is 19.9. The van der Waals surface area contributed by atoms with Gasteiger partial charge in [-0.15, -0.1) is 0 Å². The number of hydrogen-bond acceptors (Lipinski definition) is 3. The Labute approximate surface area is 236 Å². The Hall–Kier alpha value is -4.74. The molecule has 1 fully saturated rings. The second-order valence-electron chi connectivity index (χ2n) is 9.76. The zero-order valence-corrected chi connectivity index (χ0v) is 21.9. The fraction of sp³-hybridized carbons (Fsp3) is 0.200. The first kappa shape index (κ1) is 28.8. The molecule has 0 saturated carbocycles. The summed E-state index contributed by atoms with van der Waals surface area (Å²) in [4.78, 5) is 29.3. The summed E-state index contributed by atoms with van der Waals surface area (Å²) >= 11 is 0. The second kappa shape index (κ2) is 11.3. The topological polar surface area (TPSA) is 64.7 Å². The molecule has 4 aromatic rings. The lowest BCUT2D eigenvalue weighted by Gasteiger charge is -2.36. The highest BCUT2D eigenvalue weighted by Crippen LogP contribution is 2.37. The van der Waals surface area contributed by atoms with Crippen molar-refractivity contribution in [3.8, 4) is 0 Å². The first-order valence-corrected chi connectivity index (χ1v) is 12.9. The van der Waals surface area contributed by atoms with Crippen LogP contribution in [0, 0.1) is 0 Å². The third-order valence-corrected chi connectivity index (χ3v) is 6.90. The molecule has 1 aliphatic rings. The number of nitrogens with zero attached hydrogens (tertiary/aromatic N) is 2. The molecule has 4 aromatic carbocycles. The SMILES string of the molecule is O=C(Nc1ccc(N2CCN(C(=O)c3ccc4ccccc4c3)CC2)cc1)Nc1cc(C(F)(F)F)cc(C(F)(F)F)c1. The number of amides is 3. The largest absolute Gasteiger partial charge is 0.416 e. The van der Waals surface area contributed by atoms with E-state index in [2.05, 4.69) is 10.2 Å². The Morgan fingerprint density at radius 3 is 1.79 bits per heavy atom. The fourth-order valence-electron chi connectivity index (χ4n) is 4.75. The van der Waals surface area contributed by atoms with Crippen molar-refractivity contribution in [2.75, 3.05) is 41.7 Å². The van der Waals surface area contributed by atoms with E-state index in [-0.39, 0.29) is 17.7 Å². The summed E-state index contributed by atoms with van der Waals surface area (Å²) < 4.78 is 78.5. The van der Waals surface area contributed by atoms with Crippen LogP contribution >= 0.6 is 0 Å². The summed E-state index contributed by atoms with van der Waals surface area (Å²) in [5, 5.41) is 6.49. The molecule has 0 aliphatic carbocycles. The van der Waals surface area contributed by atoms with Gasteiger partial charge in [0.1, 0.15) is 0 Å². The number of nitrogens with one attached hydrogen (secondary N) is 2. The number of piperazine rings is 1. The van der Waals surface area contributed by atoms with Crippen LogP contribution in [0.3, 0.4) is 0 Å². The Morgan fingerprint density at radius 1 is 0.619 bits per heavy atom. The average molecular weight is 587 g/mol. The van der Waals surface area contributed by atoms with Gasteiger partial charge in [-0.05, 0) is 65.4 Å². The summed E-state index contributed by atoms with van der Waals surface area (Å²) in [7, 11) is 0. The quantitative estimate of drug-likeness (QED) is 0.244. The van der Waals surface area contributed by atoms with E-state index in [1.165, 1.54) is 0 Å². The molecule has 2 N–H and O–H groups in total. The predicted molar refractivity (Wildman–Crippen MR) is 148 cm³/mol. The zero-order chi connectivity index (χ0) is 30.1. The minimum Gasteiger partial charge on any atom is -0.368 e. The van der Waals surface area contributed by atoms with E-state index in [4.69, 9.17) is 0 Å². The lowest BCUT2D eigenvalue weighted by molar-refractivity contribution is -0.143. The molecule has 0 aromatic heterocycles. The zero-order valence-electron chi connectivity index (χ0n) is 21.9. The number of carbonyl (C=O) groups excluding carboxylic acids is 2. The maximum atomic E-state index is 13.1. The van der Waals surface area contributed by atoms with Crippen LogP contribution in [0.25, 0.3) is 10.8 Å². The van der Waals surface area contributed by atoms with Gasteiger partial charge in [0.05, 0.1) is 11.1 Å². The van der Waals surface area contributed by atoms with Crippen molar-refractivity contribution in [1.82, 2.24) is 4.90 Å². The molecular weight excluding hydrogens is 562 g/mol. The third-order valence-electron chi connectivity index (χ3n) is 6.90. The van der Waals surface area contributed by atoms with E-state index in [0.29, 0.717) is 43.9 Å². The highest BCUT2D eigenvalue weighted by molar-refractivity contribution is 6.00. The molecule has 218 valence electrons. The Morgan fingerprint density at radius 2 is 1.19 bits per heavy atom. The van der Waals surface area contributed by atoms with Crippen LogP contribution in [0.5, 0.6) is 0 Å². The molecule has 6 nitrogen and oxygen atoms in total. The molecule has 3 amide bonds. The second-order valence-corrected chi connectivity index (χ2v) is 9.76. The maximum absolute atomic E-state index is 13.1. The summed E-state index contributed by atoms with van der Waals surface area (Å²) in [6.07, 6.45) is -10.1. The smallest absolute Gasteiger partial charge is 0.368 e. The highest BCUT2D eigenvalue weighted by Gasteiger charge is 2.37. The molecule has 1 saturated heterocycles. The predicted octanol–water partition coefficient (Wildman–Crippen LogP) is 7.48. The normalized spacial score (nSPS) is 14.1. The standard InChI is InChI=1S/C30H24F6N4O2/c31-29(32,33)22-16-23(30(34,35)36)18-25(17-22)38-28(42)37-24-7-9-26(10-8-24)39-11-13-40(14-12-39)27(41)21-6-5-19-3-1-2-4-20(19)15-21/h1-10,15-18H,11-14H2,(H2,37,38,42). The van der Waals surface area contributed by atoms with Crippen LogP contribution in [-0.2, 0) is 12.4 Å². The molecular formula is C30H24F6N4O2. The lowest BCUT2D eigenvalue weighted by atomic mass is 10.1.